The minimum atomic E-state index is 0.394. The van der Waals surface area contributed by atoms with Crippen LogP contribution in [0.15, 0.2) is 30.6 Å². The predicted molar refractivity (Wildman–Crippen MR) is 103 cm³/mol. The van der Waals surface area contributed by atoms with Crippen LogP contribution >= 0.6 is 0 Å². The van der Waals surface area contributed by atoms with Gasteiger partial charge in [-0.15, -0.1) is 0 Å². The normalized spacial score (nSPS) is 17.9. The molecule has 1 unspecified atom stereocenters. The minimum absolute atomic E-state index is 0.394. The highest BCUT2D eigenvalue weighted by Gasteiger charge is 2.25. The lowest BCUT2D eigenvalue weighted by Crippen LogP contribution is -2.34. The van der Waals surface area contributed by atoms with Crippen LogP contribution < -0.4 is 9.47 Å². The first-order chi connectivity index (χ1) is 13.3. The lowest BCUT2D eigenvalue weighted by atomic mass is 9.94. The van der Waals surface area contributed by atoms with E-state index in [0.29, 0.717) is 18.2 Å². The van der Waals surface area contributed by atoms with Gasteiger partial charge in [-0.25, -0.2) is 9.97 Å². The maximum atomic E-state index is 5.62. The van der Waals surface area contributed by atoms with Crippen LogP contribution in [0.4, 0.5) is 0 Å². The molecule has 3 heterocycles. The number of hydrogen-bond donors (Lipinski definition) is 1. The molecule has 7 heteroatoms. The molecule has 1 N–H and O–H groups in total. The third-order valence-electron chi connectivity index (χ3n) is 5.06. The van der Waals surface area contributed by atoms with E-state index in [2.05, 4.69) is 37.2 Å². The molecule has 27 heavy (non-hydrogen) atoms. The van der Waals surface area contributed by atoms with E-state index in [4.69, 9.17) is 9.47 Å². The summed E-state index contributed by atoms with van der Waals surface area (Å²) in [5, 5.41) is 7.47. The first-order valence-electron chi connectivity index (χ1n) is 9.45. The molecule has 1 atom stereocenters. The van der Waals surface area contributed by atoms with Crippen molar-refractivity contribution < 1.29 is 9.47 Å². The number of nitrogens with one attached hydrogen (secondary N) is 1. The SMILES string of the molecule is CCOc1ccc(CN2CCCC(c3[nH]nc4nccnc34)C2)cc1OC. The second-order valence-corrected chi connectivity index (χ2v) is 6.86. The maximum absolute atomic E-state index is 5.62. The van der Waals surface area contributed by atoms with E-state index < -0.39 is 0 Å². The van der Waals surface area contributed by atoms with E-state index in [-0.39, 0.29) is 0 Å². The van der Waals surface area contributed by atoms with Crippen molar-refractivity contribution >= 4 is 11.2 Å². The highest BCUT2D eigenvalue weighted by molar-refractivity contribution is 5.72. The zero-order valence-corrected chi connectivity index (χ0v) is 15.8. The van der Waals surface area contributed by atoms with Crippen molar-refractivity contribution in [3.63, 3.8) is 0 Å². The van der Waals surface area contributed by atoms with E-state index in [1.807, 2.05) is 13.0 Å². The molecule has 0 spiro atoms. The van der Waals surface area contributed by atoms with Crippen LogP contribution in [0.3, 0.4) is 0 Å². The summed E-state index contributed by atoms with van der Waals surface area (Å²) in [6, 6.07) is 6.19. The maximum Gasteiger partial charge on any atom is 0.199 e. The molecule has 0 radical (unpaired) electrons. The van der Waals surface area contributed by atoms with Crippen molar-refractivity contribution in [2.75, 3.05) is 26.8 Å². The number of nitrogens with zero attached hydrogens (tertiary/aromatic N) is 4. The Morgan fingerprint density at radius 1 is 1.22 bits per heavy atom. The number of H-pyrrole nitrogens is 1. The van der Waals surface area contributed by atoms with Crippen LogP contribution in [0.2, 0.25) is 0 Å². The van der Waals surface area contributed by atoms with Gasteiger partial charge in [-0.1, -0.05) is 6.07 Å². The van der Waals surface area contributed by atoms with Gasteiger partial charge in [0.05, 0.1) is 19.4 Å². The number of ether oxygens (including phenoxy) is 2. The van der Waals surface area contributed by atoms with Crippen molar-refractivity contribution in [2.24, 2.45) is 0 Å². The van der Waals surface area contributed by atoms with Gasteiger partial charge in [-0.05, 0) is 44.0 Å². The predicted octanol–water partition coefficient (Wildman–Crippen LogP) is 3.14. The second-order valence-electron chi connectivity index (χ2n) is 6.86. The average Bonchev–Trinajstić information content (AvgIpc) is 3.14. The van der Waals surface area contributed by atoms with Crippen LogP contribution in [0, 0.1) is 0 Å². The van der Waals surface area contributed by atoms with Crippen LogP contribution in [0.1, 0.15) is 36.9 Å². The highest BCUT2D eigenvalue weighted by atomic mass is 16.5. The number of methoxy groups -OCH3 is 1. The number of piperidine rings is 1. The van der Waals surface area contributed by atoms with Crippen LogP contribution in [0.5, 0.6) is 11.5 Å². The zero-order valence-electron chi connectivity index (χ0n) is 15.8. The Bertz CT molecular complexity index is 910. The summed E-state index contributed by atoms with van der Waals surface area (Å²) in [5.41, 5.74) is 3.92. The van der Waals surface area contributed by atoms with E-state index in [0.717, 1.165) is 55.2 Å². The summed E-state index contributed by atoms with van der Waals surface area (Å²) in [6.07, 6.45) is 5.70. The molecule has 0 bridgehead atoms. The van der Waals surface area contributed by atoms with Gasteiger partial charge >= 0.3 is 0 Å². The molecule has 7 nitrogen and oxygen atoms in total. The molecule has 2 aromatic heterocycles. The van der Waals surface area contributed by atoms with Crippen molar-refractivity contribution in [3.05, 3.63) is 41.9 Å². The average molecular weight is 367 g/mol. The Labute approximate surface area is 158 Å². The molecule has 1 aliphatic rings. The minimum Gasteiger partial charge on any atom is -0.493 e. The van der Waals surface area contributed by atoms with Crippen molar-refractivity contribution in [2.45, 2.75) is 32.2 Å². The van der Waals surface area contributed by atoms with Crippen molar-refractivity contribution in [3.8, 4) is 11.5 Å². The molecule has 3 aromatic rings. The molecule has 142 valence electrons. The number of fused-ring (bicyclic) bond motifs is 1. The first kappa shape index (κ1) is 17.7. The van der Waals surface area contributed by atoms with E-state index in [9.17, 15) is 0 Å². The molecular weight excluding hydrogens is 342 g/mol. The van der Waals surface area contributed by atoms with Crippen LogP contribution in [0.25, 0.3) is 11.2 Å². The standard InChI is InChI=1S/C20H25N5O2/c1-3-27-16-7-6-14(11-17(16)26-2)12-25-10-4-5-15(13-25)18-19-20(24-23-18)22-9-8-21-19/h6-9,11,15H,3-5,10,12-13H2,1-2H3,(H,22,23,24). The molecule has 1 aromatic carbocycles. The van der Waals surface area contributed by atoms with Gasteiger partial charge in [0.15, 0.2) is 17.1 Å². The molecule has 4 rings (SSSR count). The molecule has 1 saturated heterocycles. The summed E-state index contributed by atoms with van der Waals surface area (Å²) in [7, 11) is 1.68. The topological polar surface area (TPSA) is 76.2 Å². The molecular formula is C20H25N5O2. The summed E-state index contributed by atoms with van der Waals surface area (Å²) in [5.74, 6) is 1.98. The van der Waals surface area contributed by atoms with E-state index >= 15 is 0 Å². The molecule has 0 aliphatic carbocycles. The van der Waals surface area contributed by atoms with Gasteiger partial charge < -0.3 is 9.47 Å². The smallest absolute Gasteiger partial charge is 0.199 e. The number of benzene rings is 1. The Kier molecular flexibility index (Phi) is 5.20. The molecule has 1 fully saturated rings. The Hall–Kier alpha value is -2.67. The molecule has 0 saturated carbocycles. The number of aromatic amines is 1. The van der Waals surface area contributed by atoms with Gasteiger partial charge in [0, 0.05) is 31.4 Å². The number of aromatic nitrogens is 4. The van der Waals surface area contributed by atoms with Gasteiger partial charge in [0.25, 0.3) is 0 Å². The fourth-order valence-corrected chi connectivity index (χ4v) is 3.83. The third-order valence-corrected chi connectivity index (χ3v) is 5.06. The van der Waals surface area contributed by atoms with Gasteiger partial charge in [-0.2, -0.15) is 5.10 Å². The quantitative estimate of drug-likeness (QED) is 0.721. The van der Waals surface area contributed by atoms with Crippen LogP contribution in [-0.4, -0.2) is 51.9 Å². The molecule has 1 aliphatic heterocycles. The lowest BCUT2D eigenvalue weighted by Gasteiger charge is -2.32. The summed E-state index contributed by atoms with van der Waals surface area (Å²) >= 11 is 0. The fourth-order valence-electron chi connectivity index (χ4n) is 3.83. The number of likely N-dealkylation sites (tertiary alicyclic amines) is 1. The largest absolute Gasteiger partial charge is 0.493 e. The number of hydrogen-bond acceptors (Lipinski definition) is 6. The third kappa shape index (κ3) is 3.73. The van der Waals surface area contributed by atoms with Gasteiger partial charge in [0.2, 0.25) is 0 Å². The van der Waals surface area contributed by atoms with Crippen LogP contribution in [-0.2, 0) is 6.54 Å². The second kappa shape index (κ2) is 7.92. The summed E-state index contributed by atoms with van der Waals surface area (Å²) < 4.78 is 11.1. The number of rotatable bonds is 6. The first-order valence-corrected chi connectivity index (χ1v) is 9.45. The Balaban J connectivity index is 1.49. The zero-order chi connectivity index (χ0) is 18.6. The summed E-state index contributed by atoms with van der Waals surface area (Å²) in [4.78, 5) is 11.2. The van der Waals surface area contributed by atoms with Gasteiger partial charge in [0.1, 0.15) is 5.52 Å². The van der Waals surface area contributed by atoms with Gasteiger partial charge in [-0.3, -0.25) is 10.00 Å². The van der Waals surface area contributed by atoms with Crippen molar-refractivity contribution in [1.82, 2.24) is 25.1 Å². The monoisotopic (exact) mass is 367 g/mol. The molecule has 0 amide bonds. The van der Waals surface area contributed by atoms with Crippen molar-refractivity contribution in [1.29, 1.82) is 0 Å². The fraction of sp³-hybridized carbons (Fsp3) is 0.450. The lowest BCUT2D eigenvalue weighted by molar-refractivity contribution is 0.198. The highest BCUT2D eigenvalue weighted by Crippen LogP contribution is 2.32. The van der Waals surface area contributed by atoms with E-state index in [1.54, 1.807) is 19.5 Å². The Morgan fingerprint density at radius 2 is 2.11 bits per heavy atom. The van der Waals surface area contributed by atoms with E-state index in [1.165, 1.54) is 5.56 Å². The summed E-state index contributed by atoms with van der Waals surface area (Å²) in [6.45, 7) is 5.56. The Morgan fingerprint density at radius 3 is 2.96 bits per heavy atom.